The third-order valence-corrected chi connectivity index (χ3v) is 3.05. The lowest BCUT2D eigenvalue weighted by Crippen LogP contribution is -2.02. The maximum absolute atomic E-state index is 11.3. The number of nitrogens with one attached hydrogen (secondary N) is 1. The largest absolute Gasteiger partial charge is 0.450 e. The van der Waals surface area contributed by atoms with Crippen LogP contribution in [0.4, 0.5) is 11.4 Å². The molecule has 110 valence electrons. The van der Waals surface area contributed by atoms with Crippen molar-refractivity contribution in [1.82, 2.24) is 0 Å². The van der Waals surface area contributed by atoms with Gasteiger partial charge in [0.05, 0.1) is 4.92 Å². The van der Waals surface area contributed by atoms with Gasteiger partial charge in [0.2, 0.25) is 5.75 Å². The third kappa shape index (κ3) is 3.77. The maximum Gasteiger partial charge on any atom is 0.334 e. The minimum Gasteiger partial charge on any atom is -0.450 e. The molecular weight excluding hydrogens is 315 g/mol. The first kappa shape index (κ1) is 15.4. The summed E-state index contributed by atoms with van der Waals surface area (Å²) >= 11 is 11.8. The van der Waals surface area contributed by atoms with Gasteiger partial charge in [0, 0.05) is 16.6 Å². The van der Waals surface area contributed by atoms with Gasteiger partial charge in [0.15, 0.2) is 0 Å². The summed E-state index contributed by atoms with van der Waals surface area (Å²) in [5, 5.41) is 15.0. The Morgan fingerprint density at radius 3 is 2.48 bits per heavy atom. The number of ether oxygens (including phenoxy) is 1. The Kier molecular flexibility index (Phi) is 4.88. The summed E-state index contributed by atoms with van der Waals surface area (Å²) in [5.41, 5.74) is 0.267. The van der Waals surface area contributed by atoms with Crippen molar-refractivity contribution >= 4 is 34.6 Å². The fourth-order valence-corrected chi connectivity index (χ4v) is 2.35. The Hall–Kier alpha value is -1.98. The zero-order valence-electron chi connectivity index (χ0n) is 11.1. The second-order valence-corrected chi connectivity index (χ2v) is 5.02. The van der Waals surface area contributed by atoms with Crippen molar-refractivity contribution < 1.29 is 9.66 Å². The highest BCUT2D eigenvalue weighted by atomic mass is 35.5. The van der Waals surface area contributed by atoms with Crippen LogP contribution in [0.2, 0.25) is 10.0 Å². The Bertz CT molecular complexity index is 657. The molecule has 0 fully saturated rings. The predicted molar refractivity (Wildman–Crippen MR) is 83.8 cm³/mol. The van der Waals surface area contributed by atoms with Crippen LogP contribution < -0.4 is 10.1 Å². The first-order chi connectivity index (χ1) is 10.0. The minimum absolute atomic E-state index is 0.122. The van der Waals surface area contributed by atoms with Crippen molar-refractivity contribution in [2.45, 2.75) is 6.92 Å². The number of hydrogen-bond acceptors (Lipinski definition) is 4. The number of rotatable bonds is 5. The highest BCUT2D eigenvalue weighted by Gasteiger charge is 2.21. The van der Waals surface area contributed by atoms with Gasteiger partial charge in [0.1, 0.15) is 11.4 Å². The van der Waals surface area contributed by atoms with E-state index in [0.717, 1.165) is 0 Å². The van der Waals surface area contributed by atoms with E-state index in [1.165, 1.54) is 18.2 Å². The summed E-state index contributed by atoms with van der Waals surface area (Å²) in [6, 6.07) is 9.45. The number of benzene rings is 2. The zero-order chi connectivity index (χ0) is 15.4. The van der Waals surface area contributed by atoms with Crippen LogP contribution in [-0.4, -0.2) is 11.5 Å². The fourth-order valence-electron chi connectivity index (χ4n) is 1.84. The second kappa shape index (κ2) is 6.65. The van der Waals surface area contributed by atoms with E-state index in [1.54, 1.807) is 18.2 Å². The standard InChI is InChI=1S/C14H12Cl2N2O3/c1-2-17-12-4-3-5-13(14(12)18(19)20)21-11-7-9(15)6-10(16)8-11/h3-8,17H,2H2,1H3. The summed E-state index contributed by atoms with van der Waals surface area (Å²) in [7, 11) is 0. The maximum atomic E-state index is 11.3. The van der Waals surface area contributed by atoms with Crippen molar-refractivity contribution in [2.24, 2.45) is 0 Å². The van der Waals surface area contributed by atoms with Crippen LogP contribution in [0.5, 0.6) is 11.5 Å². The molecule has 0 spiro atoms. The SMILES string of the molecule is CCNc1cccc(Oc2cc(Cl)cc(Cl)c2)c1[N+](=O)[O-]. The van der Waals surface area contributed by atoms with Gasteiger partial charge < -0.3 is 10.1 Å². The number of hydrogen-bond donors (Lipinski definition) is 1. The summed E-state index contributed by atoms with van der Waals surface area (Å²) in [4.78, 5) is 10.8. The molecule has 7 heteroatoms. The smallest absolute Gasteiger partial charge is 0.334 e. The second-order valence-electron chi connectivity index (χ2n) is 4.15. The van der Waals surface area contributed by atoms with E-state index in [9.17, 15) is 10.1 Å². The number of anilines is 1. The molecule has 2 aromatic rings. The molecule has 0 saturated carbocycles. The van der Waals surface area contributed by atoms with Gasteiger partial charge in [-0.15, -0.1) is 0 Å². The normalized spacial score (nSPS) is 10.2. The molecule has 5 nitrogen and oxygen atoms in total. The molecule has 0 aromatic heterocycles. The molecule has 0 radical (unpaired) electrons. The Morgan fingerprint density at radius 1 is 1.24 bits per heavy atom. The summed E-state index contributed by atoms with van der Waals surface area (Å²) in [6.07, 6.45) is 0. The molecular formula is C14H12Cl2N2O3. The summed E-state index contributed by atoms with van der Waals surface area (Å²) in [5.74, 6) is 0.459. The number of nitro benzene ring substituents is 1. The van der Waals surface area contributed by atoms with Crippen LogP contribution in [-0.2, 0) is 0 Å². The van der Waals surface area contributed by atoms with Gasteiger partial charge in [0.25, 0.3) is 0 Å². The van der Waals surface area contributed by atoms with Gasteiger partial charge in [-0.25, -0.2) is 0 Å². The minimum atomic E-state index is -0.487. The van der Waals surface area contributed by atoms with Gasteiger partial charge in [-0.3, -0.25) is 10.1 Å². The van der Waals surface area contributed by atoms with E-state index >= 15 is 0 Å². The van der Waals surface area contributed by atoms with E-state index in [1.807, 2.05) is 6.92 Å². The number of nitro groups is 1. The van der Waals surface area contributed by atoms with Gasteiger partial charge >= 0.3 is 5.69 Å². The molecule has 2 rings (SSSR count). The highest BCUT2D eigenvalue weighted by Crippen LogP contribution is 2.38. The zero-order valence-corrected chi connectivity index (χ0v) is 12.6. The Balaban J connectivity index is 2.43. The van der Waals surface area contributed by atoms with Crippen molar-refractivity contribution in [3.8, 4) is 11.5 Å². The predicted octanol–water partition coefficient (Wildman–Crippen LogP) is 5.13. The Morgan fingerprint density at radius 2 is 1.90 bits per heavy atom. The molecule has 0 heterocycles. The molecule has 0 aliphatic carbocycles. The van der Waals surface area contributed by atoms with Crippen LogP contribution in [0.3, 0.4) is 0 Å². The topological polar surface area (TPSA) is 64.4 Å². The molecule has 0 saturated heterocycles. The molecule has 0 bridgehead atoms. The van der Waals surface area contributed by atoms with Crippen molar-refractivity contribution in [2.75, 3.05) is 11.9 Å². The molecule has 2 aromatic carbocycles. The molecule has 0 atom stereocenters. The number of para-hydroxylation sites is 1. The van der Waals surface area contributed by atoms with E-state index in [4.69, 9.17) is 27.9 Å². The molecule has 0 aliphatic rings. The third-order valence-electron chi connectivity index (χ3n) is 2.61. The number of halogens is 2. The van der Waals surface area contributed by atoms with Crippen molar-refractivity contribution in [3.05, 3.63) is 56.6 Å². The van der Waals surface area contributed by atoms with Gasteiger partial charge in [-0.05, 0) is 37.3 Å². The van der Waals surface area contributed by atoms with Crippen molar-refractivity contribution in [3.63, 3.8) is 0 Å². The molecule has 0 amide bonds. The lowest BCUT2D eigenvalue weighted by molar-refractivity contribution is -0.384. The first-order valence-electron chi connectivity index (χ1n) is 6.16. The molecule has 0 aliphatic heterocycles. The average molecular weight is 327 g/mol. The average Bonchev–Trinajstić information content (AvgIpc) is 2.37. The lowest BCUT2D eigenvalue weighted by atomic mass is 10.2. The lowest BCUT2D eigenvalue weighted by Gasteiger charge is -2.10. The van der Waals surface area contributed by atoms with Crippen LogP contribution in [0, 0.1) is 10.1 Å². The molecule has 1 N–H and O–H groups in total. The van der Waals surface area contributed by atoms with Crippen LogP contribution in [0.1, 0.15) is 6.92 Å². The van der Waals surface area contributed by atoms with Gasteiger partial charge in [-0.1, -0.05) is 29.3 Å². The van der Waals surface area contributed by atoms with Crippen LogP contribution in [0.25, 0.3) is 0 Å². The van der Waals surface area contributed by atoms with Crippen molar-refractivity contribution in [1.29, 1.82) is 0 Å². The van der Waals surface area contributed by atoms with E-state index in [0.29, 0.717) is 28.0 Å². The highest BCUT2D eigenvalue weighted by molar-refractivity contribution is 6.34. The summed E-state index contributed by atoms with van der Waals surface area (Å²) < 4.78 is 5.57. The summed E-state index contributed by atoms with van der Waals surface area (Å²) in [6.45, 7) is 2.42. The monoisotopic (exact) mass is 326 g/mol. The Labute approximate surface area is 131 Å². The van der Waals surface area contributed by atoms with E-state index in [2.05, 4.69) is 5.32 Å². The first-order valence-corrected chi connectivity index (χ1v) is 6.92. The molecule has 0 unspecified atom stereocenters. The van der Waals surface area contributed by atoms with E-state index < -0.39 is 4.92 Å². The molecule has 21 heavy (non-hydrogen) atoms. The van der Waals surface area contributed by atoms with Crippen LogP contribution >= 0.6 is 23.2 Å². The van der Waals surface area contributed by atoms with Crippen LogP contribution in [0.15, 0.2) is 36.4 Å². The quantitative estimate of drug-likeness (QED) is 0.611. The number of nitrogens with zero attached hydrogens (tertiary/aromatic N) is 1. The fraction of sp³-hybridized carbons (Fsp3) is 0.143. The van der Waals surface area contributed by atoms with E-state index in [-0.39, 0.29) is 11.4 Å². The van der Waals surface area contributed by atoms with Gasteiger partial charge in [-0.2, -0.15) is 0 Å².